The van der Waals surface area contributed by atoms with Gasteiger partial charge in [-0.15, -0.1) is 0 Å². The van der Waals surface area contributed by atoms with Crippen LogP contribution < -0.4 is 20.1 Å². The summed E-state index contributed by atoms with van der Waals surface area (Å²) in [4.78, 5) is 17.1. The molecule has 2 aromatic carbocycles. The summed E-state index contributed by atoms with van der Waals surface area (Å²) < 4.78 is 10.8. The van der Waals surface area contributed by atoms with Crippen LogP contribution in [0.4, 0.5) is 11.4 Å². The van der Waals surface area contributed by atoms with E-state index in [1.54, 1.807) is 26.5 Å². The van der Waals surface area contributed by atoms with Crippen LogP contribution in [-0.4, -0.2) is 25.1 Å². The predicted molar refractivity (Wildman–Crippen MR) is 119 cm³/mol. The van der Waals surface area contributed by atoms with E-state index in [2.05, 4.69) is 15.6 Å². The molecule has 0 aliphatic carbocycles. The van der Waals surface area contributed by atoms with Gasteiger partial charge < -0.3 is 20.1 Å². The van der Waals surface area contributed by atoms with Gasteiger partial charge >= 0.3 is 0 Å². The van der Waals surface area contributed by atoms with Crippen LogP contribution in [0, 0.1) is 0 Å². The van der Waals surface area contributed by atoms with Crippen LogP contribution in [0.15, 0.2) is 66.5 Å². The maximum absolute atomic E-state index is 12.8. The zero-order chi connectivity index (χ0) is 21.1. The lowest BCUT2D eigenvalue weighted by atomic mass is 10.0. The number of rotatable bonds is 6. The minimum absolute atomic E-state index is 0.144. The molecule has 0 radical (unpaired) electrons. The van der Waals surface area contributed by atoms with Crippen molar-refractivity contribution in [1.82, 2.24) is 4.98 Å². The smallest absolute Gasteiger partial charge is 0.258 e. The second-order valence-electron chi connectivity index (χ2n) is 6.83. The third-order valence-corrected chi connectivity index (χ3v) is 5.06. The Morgan fingerprint density at radius 2 is 1.77 bits per heavy atom. The van der Waals surface area contributed by atoms with Crippen LogP contribution >= 0.6 is 0 Å². The number of anilines is 2. The number of pyridine rings is 1. The SMILES string of the molecule is CCC(Nc1ccc(-c2ccccn2)cc1)=C1C(=O)Nc2cc(OC)c(OC)cc21. The number of hydrogen-bond donors (Lipinski definition) is 2. The van der Waals surface area contributed by atoms with Gasteiger partial charge in [0.2, 0.25) is 0 Å². The molecule has 6 nitrogen and oxygen atoms in total. The average molecular weight is 401 g/mol. The number of fused-ring (bicyclic) bond motifs is 1. The molecule has 152 valence electrons. The van der Waals surface area contributed by atoms with Gasteiger partial charge in [-0.05, 0) is 36.8 Å². The molecule has 0 saturated heterocycles. The number of aromatic nitrogens is 1. The minimum Gasteiger partial charge on any atom is -0.493 e. The molecular formula is C24H23N3O3. The lowest BCUT2D eigenvalue weighted by molar-refractivity contribution is -0.110. The van der Waals surface area contributed by atoms with Crippen LogP contribution in [0.5, 0.6) is 11.5 Å². The Kier molecular flexibility index (Phi) is 5.39. The molecule has 1 amide bonds. The Labute approximate surface area is 175 Å². The molecule has 6 heteroatoms. The van der Waals surface area contributed by atoms with Gasteiger partial charge in [0, 0.05) is 34.8 Å². The van der Waals surface area contributed by atoms with E-state index in [1.807, 2.05) is 55.5 Å². The van der Waals surface area contributed by atoms with Crippen molar-refractivity contribution in [3.8, 4) is 22.8 Å². The predicted octanol–water partition coefficient (Wildman–Crippen LogP) is 4.95. The summed E-state index contributed by atoms with van der Waals surface area (Å²) in [5, 5.41) is 6.34. The number of methoxy groups -OCH3 is 2. The Balaban J connectivity index is 1.68. The van der Waals surface area contributed by atoms with Gasteiger partial charge in [-0.3, -0.25) is 9.78 Å². The molecule has 0 fully saturated rings. The van der Waals surface area contributed by atoms with Crippen molar-refractivity contribution >= 4 is 22.9 Å². The molecule has 4 rings (SSSR count). The largest absolute Gasteiger partial charge is 0.493 e. The molecule has 0 unspecified atom stereocenters. The highest BCUT2D eigenvalue weighted by molar-refractivity contribution is 6.32. The molecule has 2 heterocycles. The number of benzene rings is 2. The van der Waals surface area contributed by atoms with E-state index in [0.717, 1.165) is 28.2 Å². The van der Waals surface area contributed by atoms with E-state index in [1.165, 1.54) is 0 Å². The Bertz CT molecular complexity index is 1110. The van der Waals surface area contributed by atoms with Crippen LogP contribution in [0.3, 0.4) is 0 Å². The summed E-state index contributed by atoms with van der Waals surface area (Å²) in [5.74, 6) is 1.02. The third kappa shape index (κ3) is 3.59. The number of amides is 1. The van der Waals surface area contributed by atoms with Crippen molar-refractivity contribution in [3.05, 3.63) is 72.1 Å². The summed E-state index contributed by atoms with van der Waals surface area (Å²) in [7, 11) is 3.16. The highest BCUT2D eigenvalue weighted by Crippen LogP contribution is 2.42. The number of allylic oxidation sites excluding steroid dienone is 1. The number of carbonyl (C=O) groups is 1. The fourth-order valence-electron chi connectivity index (χ4n) is 3.56. The summed E-state index contributed by atoms with van der Waals surface area (Å²) in [6, 6.07) is 17.5. The zero-order valence-electron chi connectivity index (χ0n) is 17.2. The quantitative estimate of drug-likeness (QED) is 0.572. The number of nitrogens with zero attached hydrogens (tertiary/aromatic N) is 1. The maximum Gasteiger partial charge on any atom is 0.258 e. The second kappa shape index (κ2) is 8.29. The van der Waals surface area contributed by atoms with E-state index in [9.17, 15) is 4.79 Å². The molecule has 3 aromatic rings. The van der Waals surface area contributed by atoms with Crippen LogP contribution in [0.25, 0.3) is 16.8 Å². The van der Waals surface area contributed by atoms with E-state index in [-0.39, 0.29) is 5.91 Å². The normalized spacial score (nSPS) is 14.0. The van der Waals surface area contributed by atoms with Gasteiger partial charge in [-0.2, -0.15) is 0 Å². The van der Waals surface area contributed by atoms with Gasteiger partial charge in [0.05, 0.1) is 31.2 Å². The van der Waals surface area contributed by atoms with Crippen LogP contribution in [0.2, 0.25) is 0 Å². The number of ether oxygens (including phenoxy) is 2. The monoisotopic (exact) mass is 401 g/mol. The van der Waals surface area contributed by atoms with Crippen LogP contribution in [0.1, 0.15) is 18.9 Å². The lowest BCUT2D eigenvalue weighted by Gasteiger charge is -2.14. The summed E-state index contributed by atoms with van der Waals surface area (Å²) in [6.45, 7) is 2.02. The minimum atomic E-state index is -0.144. The second-order valence-corrected chi connectivity index (χ2v) is 6.83. The van der Waals surface area contributed by atoms with Crippen molar-refractivity contribution in [2.75, 3.05) is 24.9 Å². The average Bonchev–Trinajstić information content (AvgIpc) is 3.12. The van der Waals surface area contributed by atoms with E-state index < -0.39 is 0 Å². The standard InChI is InChI=1S/C24H23N3O3/c1-4-18(26-16-10-8-15(9-11-16)19-7-5-6-12-25-19)23-17-13-21(29-2)22(30-3)14-20(17)27-24(23)28/h5-14,26H,4H2,1-3H3,(H,27,28). The number of nitrogens with one attached hydrogen (secondary N) is 2. The highest BCUT2D eigenvalue weighted by Gasteiger charge is 2.29. The molecule has 0 saturated carbocycles. The molecular weight excluding hydrogens is 378 g/mol. The Morgan fingerprint density at radius 1 is 1.03 bits per heavy atom. The Hall–Kier alpha value is -3.80. The zero-order valence-corrected chi connectivity index (χ0v) is 17.2. The third-order valence-electron chi connectivity index (χ3n) is 5.06. The van der Waals surface area contributed by atoms with E-state index >= 15 is 0 Å². The number of hydrogen-bond acceptors (Lipinski definition) is 5. The van der Waals surface area contributed by atoms with Crippen molar-refractivity contribution in [1.29, 1.82) is 0 Å². The van der Waals surface area contributed by atoms with Gasteiger partial charge in [-0.25, -0.2) is 0 Å². The van der Waals surface area contributed by atoms with Crippen molar-refractivity contribution in [2.45, 2.75) is 13.3 Å². The first-order chi connectivity index (χ1) is 14.6. The molecule has 0 bridgehead atoms. The molecule has 1 aromatic heterocycles. The van der Waals surface area contributed by atoms with Gasteiger partial charge in [0.1, 0.15) is 0 Å². The lowest BCUT2D eigenvalue weighted by Crippen LogP contribution is -2.10. The molecule has 0 spiro atoms. The van der Waals surface area contributed by atoms with Crippen molar-refractivity contribution < 1.29 is 14.3 Å². The topological polar surface area (TPSA) is 72.5 Å². The van der Waals surface area contributed by atoms with Gasteiger partial charge in [0.15, 0.2) is 11.5 Å². The first kappa shape index (κ1) is 19.5. The molecule has 30 heavy (non-hydrogen) atoms. The summed E-state index contributed by atoms with van der Waals surface area (Å²) in [5.41, 5.74) is 5.82. The Morgan fingerprint density at radius 3 is 2.40 bits per heavy atom. The van der Waals surface area contributed by atoms with Crippen molar-refractivity contribution in [3.63, 3.8) is 0 Å². The molecule has 1 aliphatic rings. The van der Waals surface area contributed by atoms with Gasteiger partial charge in [-0.1, -0.05) is 25.1 Å². The first-order valence-electron chi connectivity index (χ1n) is 9.74. The van der Waals surface area contributed by atoms with E-state index in [4.69, 9.17) is 9.47 Å². The van der Waals surface area contributed by atoms with Crippen molar-refractivity contribution in [2.24, 2.45) is 0 Å². The van der Waals surface area contributed by atoms with E-state index in [0.29, 0.717) is 29.2 Å². The fourth-order valence-corrected chi connectivity index (χ4v) is 3.56. The summed E-state index contributed by atoms with van der Waals surface area (Å²) >= 11 is 0. The van der Waals surface area contributed by atoms with Crippen LogP contribution in [-0.2, 0) is 4.79 Å². The molecule has 0 atom stereocenters. The first-order valence-corrected chi connectivity index (χ1v) is 9.74. The maximum atomic E-state index is 12.8. The highest BCUT2D eigenvalue weighted by atomic mass is 16.5. The molecule has 2 N–H and O–H groups in total. The molecule has 1 aliphatic heterocycles. The fraction of sp³-hybridized carbons (Fsp3) is 0.167. The van der Waals surface area contributed by atoms with Gasteiger partial charge in [0.25, 0.3) is 5.91 Å². The summed E-state index contributed by atoms with van der Waals surface area (Å²) in [6.07, 6.45) is 2.44. The number of carbonyl (C=O) groups excluding carboxylic acids is 1.